The van der Waals surface area contributed by atoms with Crippen molar-refractivity contribution >= 4 is 27.5 Å². The minimum Gasteiger partial charge on any atom is -0.354 e. The highest BCUT2D eigenvalue weighted by Gasteiger charge is 2.26. The molecule has 192 valence electrons. The van der Waals surface area contributed by atoms with E-state index in [1.807, 2.05) is 55.5 Å². The summed E-state index contributed by atoms with van der Waals surface area (Å²) < 4.78 is 26.2. The number of hydrogen-bond donors (Lipinski definition) is 1. The molecule has 2 amide bonds. The standard InChI is InChI=1S/C27H39N3O4S/c1-5-6-18-28-27(32)23(3)29(20-17-24-13-8-7-9-14-24)26(31)16-11-19-30(35(4,33)34)25-15-10-12-22(2)21-25/h7-10,12-15,21,23H,5-6,11,16-20H2,1-4H3,(H,28,32)/t23-/m1/s1. The number of sulfonamides is 1. The van der Waals surface area contributed by atoms with Gasteiger partial charge in [0.2, 0.25) is 21.8 Å². The number of benzene rings is 2. The van der Waals surface area contributed by atoms with Gasteiger partial charge >= 0.3 is 0 Å². The average molecular weight is 502 g/mol. The van der Waals surface area contributed by atoms with Gasteiger partial charge in [0.25, 0.3) is 0 Å². The molecule has 1 atom stereocenters. The number of unbranched alkanes of at least 4 members (excludes halogenated alkanes) is 1. The highest BCUT2D eigenvalue weighted by molar-refractivity contribution is 7.92. The quantitative estimate of drug-likeness (QED) is 0.398. The molecular weight excluding hydrogens is 462 g/mol. The number of aryl methyl sites for hydroxylation is 1. The van der Waals surface area contributed by atoms with Crippen molar-refractivity contribution < 1.29 is 18.0 Å². The summed E-state index contributed by atoms with van der Waals surface area (Å²) in [7, 11) is -3.50. The molecule has 0 aromatic heterocycles. The molecule has 8 heteroatoms. The van der Waals surface area contributed by atoms with Crippen molar-refractivity contribution in [2.45, 2.75) is 58.9 Å². The van der Waals surface area contributed by atoms with Crippen LogP contribution in [0.2, 0.25) is 0 Å². The fourth-order valence-corrected chi connectivity index (χ4v) is 4.85. The van der Waals surface area contributed by atoms with E-state index in [0.717, 1.165) is 24.0 Å². The molecule has 1 N–H and O–H groups in total. The summed E-state index contributed by atoms with van der Waals surface area (Å²) in [4.78, 5) is 27.6. The molecule has 0 saturated carbocycles. The van der Waals surface area contributed by atoms with Crippen molar-refractivity contribution in [1.29, 1.82) is 0 Å². The average Bonchev–Trinajstić information content (AvgIpc) is 2.81. The van der Waals surface area contributed by atoms with Gasteiger partial charge in [-0.2, -0.15) is 0 Å². The molecule has 2 aromatic carbocycles. The molecule has 7 nitrogen and oxygen atoms in total. The molecule has 0 fully saturated rings. The molecular formula is C27H39N3O4S. The van der Waals surface area contributed by atoms with Gasteiger partial charge in [-0.25, -0.2) is 8.42 Å². The molecule has 0 aliphatic heterocycles. The first kappa shape index (κ1) is 28.4. The van der Waals surface area contributed by atoms with Crippen LogP contribution in [-0.2, 0) is 26.0 Å². The largest absolute Gasteiger partial charge is 0.354 e. The van der Waals surface area contributed by atoms with Crippen molar-refractivity contribution in [2.24, 2.45) is 0 Å². The Bertz CT molecular complexity index is 1060. The van der Waals surface area contributed by atoms with E-state index < -0.39 is 16.1 Å². The summed E-state index contributed by atoms with van der Waals surface area (Å²) in [6.07, 6.45) is 4.18. The molecule has 0 unspecified atom stereocenters. The summed E-state index contributed by atoms with van der Waals surface area (Å²) in [5.41, 5.74) is 2.64. The Kier molecular flexibility index (Phi) is 11.2. The van der Waals surface area contributed by atoms with E-state index in [9.17, 15) is 18.0 Å². The molecule has 35 heavy (non-hydrogen) atoms. The van der Waals surface area contributed by atoms with Crippen LogP contribution in [0.1, 0.15) is 50.7 Å². The van der Waals surface area contributed by atoms with Crippen LogP contribution in [0.5, 0.6) is 0 Å². The third-order valence-corrected chi connectivity index (χ3v) is 7.12. The van der Waals surface area contributed by atoms with Crippen LogP contribution in [0.4, 0.5) is 5.69 Å². The maximum atomic E-state index is 13.2. The number of rotatable bonds is 14. The summed E-state index contributed by atoms with van der Waals surface area (Å²) in [6, 6.07) is 16.5. The molecule has 2 rings (SSSR count). The van der Waals surface area contributed by atoms with Crippen LogP contribution in [0.15, 0.2) is 54.6 Å². The van der Waals surface area contributed by atoms with Gasteiger partial charge < -0.3 is 10.2 Å². The number of anilines is 1. The molecule has 0 bridgehead atoms. The van der Waals surface area contributed by atoms with Crippen molar-refractivity contribution in [3.8, 4) is 0 Å². The van der Waals surface area contributed by atoms with Gasteiger partial charge in [0.1, 0.15) is 6.04 Å². The summed E-state index contributed by atoms with van der Waals surface area (Å²) >= 11 is 0. The van der Waals surface area contributed by atoms with Crippen molar-refractivity contribution in [3.63, 3.8) is 0 Å². The molecule has 0 saturated heterocycles. The lowest BCUT2D eigenvalue weighted by molar-refractivity contribution is -0.139. The second kappa shape index (κ2) is 13.9. The Hall–Kier alpha value is -2.87. The van der Waals surface area contributed by atoms with E-state index in [2.05, 4.69) is 12.2 Å². The van der Waals surface area contributed by atoms with E-state index in [1.165, 1.54) is 10.6 Å². The normalized spacial score (nSPS) is 12.1. The van der Waals surface area contributed by atoms with Gasteiger partial charge in [-0.15, -0.1) is 0 Å². The van der Waals surface area contributed by atoms with Gasteiger partial charge in [-0.3, -0.25) is 13.9 Å². The summed E-state index contributed by atoms with van der Waals surface area (Å²) in [5.74, 6) is -0.325. The van der Waals surface area contributed by atoms with E-state index >= 15 is 0 Å². The van der Waals surface area contributed by atoms with Gasteiger partial charge in [0.05, 0.1) is 11.9 Å². The Balaban J connectivity index is 2.08. The predicted molar refractivity (Wildman–Crippen MR) is 142 cm³/mol. The zero-order valence-corrected chi connectivity index (χ0v) is 22.2. The number of carbonyl (C=O) groups is 2. The Morgan fingerprint density at radius 3 is 2.34 bits per heavy atom. The number of hydrogen-bond acceptors (Lipinski definition) is 4. The smallest absolute Gasteiger partial charge is 0.242 e. The number of carbonyl (C=O) groups excluding carboxylic acids is 2. The van der Waals surface area contributed by atoms with Crippen LogP contribution in [0.25, 0.3) is 0 Å². The van der Waals surface area contributed by atoms with Crippen LogP contribution in [-0.4, -0.2) is 57.1 Å². The SMILES string of the molecule is CCCCNC(=O)[C@@H](C)N(CCc1ccccc1)C(=O)CCCN(c1cccc(C)c1)S(C)(=O)=O. The highest BCUT2D eigenvalue weighted by Crippen LogP contribution is 2.20. The third-order valence-electron chi connectivity index (χ3n) is 5.92. The van der Waals surface area contributed by atoms with Crippen LogP contribution in [0, 0.1) is 6.92 Å². The minimum atomic E-state index is -3.50. The molecule has 0 heterocycles. The first-order chi connectivity index (χ1) is 16.6. The lowest BCUT2D eigenvalue weighted by Gasteiger charge is -2.29. The zero-order chi connectivity index (χ0) is 25.8. The minimum absolute atomic E-state index is 0.152. The molecule has 0 aliphatic carbocycles. The van der Waals surface area contributed by atoms with Gasteiger partial charge in [0, 0.05) is 26.1 Å². The number of nitrogens with one attached hydrogen (secondary N) is 1. The van der Waals surface area contributed by atoms with Crippen molar-refractivity contribution in [1.82, 2.24) is 10.2 Å². The third kappa shape index (κ3) is 9.36. The second-order valence-corrected chi connectivity index (χ2v) is 10.8. The van der Waals surface area contributed by atoms with Crippen molar-refractivity contribution in [2.75, 3.05) is 30.2 Å². The Morgan fingerprint density at radius 1 is 1.00 bits per heavy atom. The van der Waals surface area contributed by atoms with Crippen LogP contribution < -0.4 is 9.62 Å². The Morgan fingerprint density at radius 2 is 1.71 bits per heavy atom. The number of amides is 2. The highest BCUT2D eigenvalue weighted by atomic mass is 32.2. The second-order valence-electron chi connectivity index (χ2n) is 8.92. The molecule has 0 aliphatic rings. The summed E-state index contributed by atoms with van der Waals surface area (Å²) in [6.45, 7) is 6.91. The van der Waals surface area contributed by atoms with E-state index in [-0.39, 0.29) is 24.8 Å². The fourth-order valence-electron chi connectivity index (χ4n) is 3.89. The molecule has 2 aromatic rings. The first-order valence-corrected chi connectivity index (χ1v) is 14.1. The fraction of sp³-hybridized carbons (Fsp3) is 0.481. The van der Waals surface area contributed by atoms with Crippen molar-refractivity contribution in [3.05, 3.63) is 65.7 Å². The van der Waals surface area contributed by atoms with Crippen LogP contribution >= 0.6 is 0 Å². The summed E-state index contributed by atoms with van der Waals surface area (Å²) in [5, 5.41) is 2.92. The predicted octanol–water partition coefficient (Wildman–Crippen LogP) is 3.92. The molecule has 0 radical (unpaired) electrons. The van der Waals surface area contributed by atoms with Gasteiger partial charge in [-0.05, 0) is 56.4 Å². The molecule has 0 spiro atoms. The van der Waals surface area contributed by atoms with E-state index in [4.69, 9.17) is 0 Å². The van der Waals surface area contributed by atoms with E-state index in [0.29, 0.717) is 31.6 Å². The first-order valence-electron chi connectivity index (χ1n) is 12.3. The maximum Gasteiger partial charge on any atom is 0.242 e. The topological polar surface area (TPSA) is 86.8 Å². The van der Waals surface area contributed by atoms with Gasteiger partial charge in [0.15, 0.2) is 0 Å². The Labute approximate surface area is 210 Å². The number of nitrogens with zero attached hydrogens (tertiary/aromatic N) is 2. The lowest BCUT2D eigenvalue weighted by atomic mass is 10.1. The van der Waals surface area contributed by atoms with Gasteiger partial charge in [-0.1, -0.05) is 55.8 Å². The van der Waals surface area contributed by atoms with E-state index in [1.54, 1.807) is 17.9 Å². The van der Waals surface area contributed by atoms with Crippen LogP contribution in [0.3, 0.4) is 0 Å². The monoisotopic (exact) mass is 501 g/mol. The maximum absolute atomic E-state index is 13.2. The lowest BCUT2D eigenvalue weighted by Crippen LogP contribution is -2.49. The zero-order valence-electron chi connectivity index (χ0n) is 21.4.